The van der Waals surface area contributed by atoms with Crippen LogP contribution in [-0.2, 0) is 9.84 Å². The summed E-state index contributed by atoms with van der Waals surface area (Å²) >= 11 is 0. The van der Waals surface area contributed by atoms with Gasteiger partial charge in [-0.1, -0.05) is 6.42 Å². The van der Waals surface area contributed by atoms with Crippen molar-refractivity contribution in [3.8, 4) is 0 Å². The molecule has 1 N–H and O–H groups in total. The molecule has 1 aliphatic heterocycles. The van der Waals surface area contributed by atoms with Gasteiger partial charge in [0.05, 0.1) is 10.5 Å². The molecule has 20 heavy (non-hydrogen) atoms. The molecule has 1 fully saturated rings. The van der Waals surface area contributed by atoms with Crippen LogP contribution in [0.3, 0.4) is 0 Å². The van der Waals surface area contributed by atoms with E-state index in [9.17, 15) is 8.42 Å². The quantitative estimate of drug-likeness (QED) is 0.731. The number of rotatable bonds is 7. The summed E-state index contributed by atoms with van der Waals surface area (Å²) in [5, 5.41) is 3.26. The summed E-state index contributed by atoms with van der Waals surface area (Å²) < 4.78 is 23.2. The van der Waals surface area contributed by atoms with Crippen molar-refractivity contribution in [1.82, 2.24) is 10.2 Å². The molecule has 0 radical (unpaired) electrons. The third kappa shape index (κ3) is 5.70. The van der Waals surface area contributed by atoms with Crippen LogP contribution in [0, 0.1) is 0 Å². The fourth-order valence-corrected chi connectivity index (χ4v) is 3.56. The van der Waals surface area contributed by atoms with E-state index in [1.54, 1.807) is 20.8 Å². The van der Waals surface area contributed by atoms with Crippen LogP contribution < -0.4 is 5.32 Å². The second-order valence-corrected chi connectivity index (χ2v) is 9.78. The van der Waals surface area contributed by atoms with E-state index in [0.29, 0.717) is 12.6 Å². The van der Waals surface area contributed by atoms with Crippen molar-refractivity contribution in [2.75, 3.05) is 31.9 Å². The second-order valence-electron chi connectivity index (χ2n) is 6.92. The number of sulfone groups is 1. The molecular weight excluding hydrogens is 272 g/mol. The van der Waals surface area contributed by atoms with Crippen LogP contribution in [0.5, 0.6) is 0 Å². The van der Waals surface area contributed by atoms with Crippen molar-refractivity contribution in [3.63, 3.8) is 0 Å². The Labute approximate surface area is 125 Å². The molecular formula is C15H32N2O2S. The maximum Gasteiger partial charge on any atom is 0.156 e. The predicted molar refractivity (Wildman–Crippen MR) is 85.9 cm³/mol. The Morgan fingerprint density at radius 3 is 2.50 bits per heavy atom. The minimum atomic E-state index is -2.99. The Morgan fingerprint density at radius 1 is 1.20 bits per heavy atom. The Bertz CT molecular complexity index is 374. The van der Waals surface area contributed by atoms with Crippen molar-refractivity contribution in [2.24, 2.45) is 0 Å². The van der Waals surface area contributed by atoms with Gasteiger partial charge in [-0.2, -0.15) is 0 Å². The van der Waals surface area contributed by atoms with E-state index in [0.717, 1.165) is 19.5 Å². The number of hydrogen-bond acceptors (Lipinski definition) is 4. The highest BCUT2D eigenvalue weighted by atomic mass is 32.2. The van der Waals surface area contributed by atoms with Crippen LogP contribution in [0.2, 0.25) is 0 Å². The van der Waals surface area contributed by atoms with Gasteiger partial charge < -0.3 is 10.2 Å². The molecule has 1 atom stereocenters. The van der Waals surface area contributed by atoms with Gasteiger partial charge in [-0.25, -0.2) is 8.42 Å². The lowest BCUT2D eigenvalue weighted by Crippen LogP contribution is -2.39. The van der Waals surface area contributed by atoms with E-state index >= 15 is 0 Å². The largest absolute Gasteiger partial charge is 0.316 e. The number of nitrogens with zero attached hydrogens (tertiary/aromatic N) is 1. The fraction of sp³-hybridized carbons (Fsp3) is 1.00. The Morgan fingerprint density at radius 2 is 1.90 bits per heavy atom. The molecule has 1 aliphatic rings. The molecule has 0 spiro atoms. The first-order valence-electron chi connectivity index (χ1n) is 7.91. The van der Waals surface area contributed by atoms with Crippen molar-refractivity contribution >= 4 is 9.84 Å². The summed E-state index contributed by atoms with van der Waals surface area (Å²) in [6.07, 6.45) is 5.10. The van der Waals surface area contributed by atoms with Crippen molar-refractivity contribution in [1.29, 1.82) is 0 Å². The maximum atomic E-state index is 11.9. The van der Waals surface area contributed by atoms with Crippen LogP contribution in [0.15, 0.2) is 0 Å². The first-order chi connectivity index (χ1) is 9.24. The van der Waals surface area contributed by atoms with Gasteiger partial charge in [0.1, 0.15) is 0 Å². The number of likely N-dealkylation sites (tertiary alicyclic amines) is 1. The molecule has 0 aromatic carbocycles. The van der Waals surface area contributed by atoms with E-state index in [1.807, 2.05) is 0 Å². The Balaban J connectivity index is 2.11. The van der Waals surface area contributed by atoms with Gasteiger partial charge in [-0.3, -0.25) is 0 Å². The van der Waals surface area contributed by atoms with Gasteiger partial charge in [0, 0.05) is 12.6 Å². The van der Waals surface area contributed by atoms with Crippen LogP contribution in [0.25, 0.3) is 0 Å². The highest BCUT2D eigenvalue weighted by molar-refractivity contribution is 7.92. The Kier molecular flexibility index (Phi) is 6.95. The first-order valence-corrected chi connectivity index (χ1v) is 9.56. The van der Waals surface area contributed by atoms with Crippen molar-refractivity contribution in [3.05, 3.63) is 0 Å². The van der Waals surface area contributed by atoms with Crippen molar-refractivity contribution in [2.45, 2.75) is 64.2 Å². The van der Waals surface area contributed by atoms with E-state index in [2.05, 4.69) is 17.1 Å². The molecule has 4 nitrogen and oxygen atoms in total. The normalized spacial score (nSPS) is 22.1. The zero-order valence-corrected chi connectivity index (χ0v) is 14.4. The van der Waals surface area contributed by atoms with Crippen LogP contribution in [0.4, 0.5) is 0 Å². The average molecular weight is 305 g/mol. The van der Waals surface area contributed by atoms with Gasteiger partial charge in [-0.05, 0) is 66.6 Å². The minimum absolute atomic E-state index is 0.233. The summed E-state index contributed by atoms with van der Waals surface area (Å²) in [7, 11) is -2.99. The highest BCUT2D eigenvalue weighted by Crippen LogP contribution is 2.16. The standard InChI is InChI=1S/C15H32N2O2S/c1-14-8-5-6-11-17(14)12-7-9-16-10-13-20(18,19)15(2,3)4/h14,16H,5-13H2,1-4H3. The monoisotopic (exact) mass is 304 g/mol. The summed E-state index contributed by atoms with van der Waals surface area (Å²) in [6.45, 7) is 11.4. The molecule has 1 unspecified atom stereocenters. The van der Waals surface area contributed by atoms with E-state index in [4.69, 9.17) is 0 Å². The molecule has 0 saturated carbocycles. The number of piperidine rings is 1. The zero-order chi connectivity index (χ0) is 15.2. The third-order valence-electron chi connectivity index (χ3n) is 4.22. The fourth-order valence-electron chi connectivity index (χ4n) is 2.53. The lowest BCUT2D eigenvalue weighted by atomic mass is 10.0. The van der Waals surface area contributed by atoms with Gasteiger partial charge in [0.2, 0.25) is 0 Å². The van der Waals surface area contributed by atoms with Gasteiger partial charge in [0.25, 0.3) is 0 Å². The molecule has 0 aromatic rings. The van der Waals surface area contributed by atoms with Gasteiger partial charge >= 0.3 is 0 Å². The van der Waals surface area contributed by atoms with Gasteiger partial charge in [0.15, 0.2) is 9.84 Å². The highest BCUT2D eigenvalue weighted by Gasteiger charge is 2.27. The topological polar surface area (TPSA) is 49.4 Å². The summed E-state index contributed by atoms with van der Waals surface area (Å²) in [4.78, 5) is 2.55. The predicted octanol–water partition coefficient (Wildman–Crippen LogP) is 2.05. The molecule has 0 aromatic heterocycles. The molecule has 0 amide bonds. The minimum Gasteiger partial charge on any atom is -0.316 e. The molecule has 5 heteroatoms. The molecule has 1 saturated heterocycles. The van der Waals surface area contributed by atoms with E-state index in [1.165, 1.54) is 25.8 Å². The molecule has 1 heterocycles. The number of nitrogens with one attached hydrogen (secondary N) is 1. The summed E-state index contributed by atoms with van der Waals surface area (Å²) in [5.74, 6) is 0.233. The first kappa shape index (κ1) is 17.9. The third-order valence-corrected chi connectivity index (χ3v) is 6.83. The molecule has 0 bridgehead atoms. The SMILES string of the molecule is CC1CCCCN1CCCNCCS(=O)(=O)C(C)(C)C. The smallest absolute Gasteiger partial charge is 0.156 e. The lowest BCUT2D eigenvalue weighted by Gasteiger charge is -2.33. The molecule has 120 valence electrons. The Hall–Kier alpha value is -0.130. The van der Waals surface area contributed by atoms with Crippen LogP contribution in [-0.4, -0.2) is 56.0 Å². The molecule has 1 rings (SSSR count). The maximum absolute atomic E-state index is 11.9. The van der Waals surface area contributed by atoms with Crippen LogP contribution >= 0.6 is 0 Å². The average Bonchev–Trinajstić information content (AvgIpc) is 2.34. The summed E-state index contributed by atoms with van der Waals surface area (Å²) in [5.41, 5.74) is 0. The van der Waals surface area contributed by atoms with Crippen LogP contribution in [0.1, 0.15) is 53.4 Å². The lowest BCUT2D eigenvalue weighted by molar-refractivity contribution is 0.159. The molecule has 0 aliphatic carbocycles. The van der Waals surface area contributed by atoms with E-state index in [-0.39, 0.29) is 5.75 Å². The number of hydrogen-bond donors (Lipinski definition) is 1. The zero-order valence-electron chi connectivity index (χ0n) is 13.6. The summed E-state index contributed by atoms with van der Waals surface area (Å²) in [6, 6.07) is 0.713. The van der Waals surface area contributed by atoms with E-state index < -0.39 is 14.6 Å². The van der Waals surface area contributed by atoms with Crippen molar-refractivity contribution < 1.29 is 8.42 Å². The van der Waals surface area contributed by atoms with Gasteiger partial charge in [-0.15, -0.1) is 0 Å². The second kappa shape index (κ2) is 7.76.